The molecule has 3 N–H and O–H groups in total. The Kier molecular flexibility index (Phi) is 46.8. The molecular weight excluding hydrogens is 705 g/mol. The zero-order valence-corrected chi connectivity index (χ0v) is 38.8. The molecule has 1 aromatic carbocycles. The van der Waals surface area contributed by atoms with E-state index in [1.165, 1.54) is 198 Å². The van der Waals surface area contributed by atoms with Crippen LogP contribution in [0.5, 0.6) is 0 Å². The van der Waals surface area contributed by atoms with Gasteiger partial charge in [-0.05, 0) is 32.5 Å². The van der Waals surface area contributed by atoms with E-state index >= 15 is 0 Å². The van der Waals surface area contributed by atoms with Crippen LogP contribution in [0.2, 0.25) is 0 Å². The molecule has 0 radical (unpaired) electrons. The van der Waals surface area contributed by atoms with E-state index in [2.05, 4.69) is 55.4 Å². The van der Waals surface area contributed by atoms with Gasteiger partial charge >= 0.3 is 0 Å². The maximum absolute atomic E-state index is 9.70. The number of unbranched alkanes of at least 4 members (excludes halogenated alkanes) is 30. The number of nitrogens with one attached hydrogen (secondary N) is 1. The Labute approximate surface area is 356 Å². The van der Waals surface area contributed by atoms with Gasteiger partial charge in [-0.1, -0.05) is 237 Å². The number of nitrogens with zero attached hydrogens (tertiary/aromatic N) is 1. The summed E-state index contributed by atoms with van der Waals surface area (Å²) in [6, 6.07) is 10.6. The van der Waals surface area contributed by atoms with Gasteiger partial charge in [0.05, 0.1) is 38.5 Å². The van der Waals surface area contributed by atoms with Gasteiger partial charge in [0.1, 0.15) is 0 Å². The molecule has 0 amide bonds. The summed E-state index contributed by atoms with van der Waals surface area (Å²) in [5, 5.41) is 21.8. The first-order valence-electron chi connectivity index (χ1n) is 24.9. The number of rotatable bonds is 44. The standard InChI is InChI=1S/C29H53NO2.C22H47NO2/c1-3-4-5-6-7-8-9-10-11-12-13-14-15-16-17-21-24-32-27-29(26-31)30(2)25-28-22-19-18-20-23-28;1-3-4-5-6-7-8-9-10-11-12-13-14-15-16-17-18-19-25-21-22(20-24)23-2/h18-20,22-23,29,31H,3-17,21,24-27H2,1-2H3;22-24H,3-21H2,1-2H3/t29-;22-/m00/s1. The largest absolute Gasteiger partial charge is 0.395 e. The summed E-state index contributed by atoms with van der Waals surface area (Å²) < 4.78 is 11.4. The van der Waals surface area contributed by atoms with Crippen LogP contribution in [-0.2, 0) is 16.0 Å². The lowest BCUT2D eigenvalue weighted by Crippen LogP contribution is -2.38. The van der Waals surface area contributed by atoms with Crippen molar-refractivity contribution in [2.75, 3.05) is 53.7 Å². The Balaban J connectivity index is 0.00000114. The van der Waals surface area contributed by atoms with E-state index in [0.717, 1.165) is 32.6 Å². The van der Waals surface area contributed by atoms with E-state index in [-0.39, 0.29) is 25.3 Å². The molecule has 0 aliphatic rings. The molecular formula is C51H100N2O4. The monoisotopic (exact) mass is 805 g/mol. The van der Waals surface area contributed by atoms with Gasteiger partial charge in [-0.2, -0.15) is 0 Å². The Hall–Kier alpha value is -1.02. The fourth-order valence-corrected chi connectivity index (χ4v) is 7.50. The number of hydrogen-bond donors (Lipinski definition) is 3. The summed E-state index contributed by atoms with van der Waals surface area (Å²) in [7, 11) is 3.92. The highest BCUT2D eigenvalue weighted by atomic mass is 16.5. The molecule has 2 atom stereocenters. The van der Waals surface area contributed by atoms with Crippen LogP contribution in [0.25, 0.3) is 0 Å². The van der Waals surface area contributed by atoms with Crippen LogP contribution >= 0.6 is 0 Å². The second kappa shape index (κ2) is 47.7. The first kappa shape index (κ1) is 56.0. The third-order valence-corrected chi connectivity index (χ3v) is 11.7. The molecule has 0 aliphatic carbocycles. The van der Waals surface area contributed by atoms with E-state index in [0.29, 0.717) is 13.2 Å². The van der Waals surface area contributed by atoms with Gasteiger partial charge < -0.3 is 25.0 Å². The second-order valence-electron chi connectivity index (χ2n) is 17.2. The van der Waals surface area contributed by atoms with Gasteiger partial charge in [-0.15, -0.1) is 0 Å². The summed E-state index contributed by atoms with van der Waals surface area (Å²) in [5.74, 6) is 0. The number of ether oxygens (including phenoxy) is 2. The Morgan fingerprint density at radius 1 is 0.474 bits per heavy atom. The molecule has 0 bridgehead atoms. The van der Waals surface area contributed by atoms with E-state index in [9.17, 15) is 5.11 Å². The molecule has 0 aromatic heterocycles. The van der Waals surface area contributed by atoms with Gasteiger partial charge in [-0.3, -0.25) is 4.90 Å². The average Bonchev–Trinajstić information content (AvgIpc) is 3.23. The first-order valence-corrected chi connectivity index (χ1v) is 24.9. The van der Waals surface area contributed by atoms with Crippen LogP contribution in [0.15, 0.2) is 30.3 Å². The molecule has 0 fully saturated rings. The fraction of sp³-hybridized carbons (Fsp3) is 0.882. The van der Waals surface area contributed by atoms with Crippen LogP contribution in [-0.4, -0.2) is 80.9 Å². The normalized spacial score (nSPS) is 12.5. The van der Waals surface area contributed by atoms with E-state index in [4.69, 9.17) is 14.6 Å². The molecule has 1 aromatic rings. The number of aliphatic hydroxyl groups excluding tert-OH is 2. The molecule has 0 saturated carbocycles. The Morgan fingerprint density at radius 2 is 0.807 bits per heavy atom. The molecule has 6 heteroatoms. The maximum Gasteiger partial charge on any atom is 0.0644 e. The van der Waals surface area contributed by atoms with Crippen molar-refractivity contribution in [3.8, 4) is 0 Å². The lowest BCUT2D eigenvalue weighted by molar-refractivity contribution is 0.0374. The van der Waals surface area contributed by atoms with E-state index < -0.39 is 0 Å². The van der Waals surface area contributed by atoms with Gasteiger partial charge in [0.15, 0.2) is 0 Å². The molecule has 57 heavy (non-hydrogen) atoms. The van der Waals surface area contributed by atoms with Crippen LogP contribution < -0.4 is 5.32 Å². The van der Waals surface area contributed by atoms with Crippen molar-refractivity contribution in [3.05, 3.63) is 35.9 Å². The highest BCUT2D eigenvalue weighted by Crippen LogP contribution is 2.16. The van der Waals surface area contributed by atoms with Crippen LogP contribution in [0.3, 0.4) is 0 Å². The Morgan fingerprint density at radius 3 is 1.12 bits per heavy atom. The lowest BCUT2D eigenvalue weighted by Gasteiger charge is -2.26. The average molecular weight is 805 g/mol. The van der Waals surface area contributed by atoms with Crippen molar-refractivity contribution >= 4 is 0 Å². The van der Waals surface area contributed by atoms with E-state index in [1.807, 2.05) is 13.1 Å². The maximum atomic E-state index is 9.70. The highest BCUT2D eigenvalue weighted by molar-refractivity contribution is 5.14. The van der Waals surface area contributed by atoms with Gasteiger partial charge in [-0.25, -0.2) is 0 Å². The highest BCUT2D eigenvalue weighted by Gasteiger charge is 2.14. The summed E-state index contributed by atoms with van der Waals surface area (Å²) in [4.78, 5) is 2.18. The summed E-state index contributed by atoms with van der Waals surface area (Å²) in [6.45, 7) is 8.58. The quantitative estimate of drug-likeness (QED) is 0.0571. The molecule has 338 valence electrons. The molecule has 0 heterocycles. The number of benzene rings is 1. The van der Waals surface area contributed by atoms with Crippen molar-refractivity contribution in [2.24, 2.45) is 0 Å². The third-order valence-electron chi connectivity index (χ3n) is 11.7. The predicted octanol–water partition coefficient (Wildman–Crippen LogP) is 13.6. The minimum absolute atomic E-state index is 0.0660. The SMILES string of the molecule is CCCCCCCCCCCCCCCCCCOC[C@H](CO)N(C)Cc1ccccc1.CCCCCCCCCCCCCCCCCCOC[C@H](CO)NC. The van der Waals surface area contributed by atoms with Crippen molar-refractivity contribution < 1.29 is 19.7 Å². The molecule has 1 rings (SSSR count). The molecule has 6 nitrogen and oxygen atoms in total. The van der Waals surface area contributed by atoms with Gasteiger partial charge in [0, 0.05) is 19.8 Å². The number of hydrogen-bond acceptors (Lipinski definition) is 6. The summed E-state index contributed by atoms with van der Waals surface area (Å²) in [5.41, 5.74) is 1.27. The van der Waals surface area contributed by atoms with Crippen LogP contribution in [0.4, 0.5) is 0 Å². The number of likely N-dealkylation sites (N-methyl/N-ethyl adjacent to an activating group) is 2. The van der Waals surface area contributed by atoms with Crippen LogP contribution in [0, 0.1) is 0 Å². The van der Waals surface area contributed by atoms with Gasteiger partial charge in [0.25, 0.3) is 0 Å². The van der Waals surface area contributed by atoms with Crippen molar-refractivity contribution in [3.63, 3.8) is 0 Å². The summed E-state index contributed by atoms with van der Waals surface area (Å²) >= 11 is 0. The minimum atomic E-state index is 0.0660. The topological polar surface area (TPSA) is 74.2 Å². The van der Waals surface area contributed by atoms with Crippen molar-refractivity contribution in [1.29, 1.82) is 0 Å². The summed E-state index contributed by atoms with van der Waals surface area (Å²) in [6.07, 6.45) is 44.6. The van der Waals surface area contributed by atoms with Crippen molar-refractivity contribution in [2.45, 2.75) is 238 Å². The van der Waals surface area contributed by atoms with E-state index in [1.54, 1.807) is 0 Å². The third kappa shape index (κ3) is 41.5. The first-order chi connectivity index (χ1) is 28.1. The smallest absolute Gasteiger partial charge is 0.0644 e. The second-order valence-corrected chi connectivity index (χ2v) is 17.2. The zero-order chi connectivity index (χ0) is 41.5. The number of aliphatic hydroxyl groups is 2. The van der Waals surface area contributed by atoms with Crippen LogP contribution in [0.1, 0.15) is 225 Å². The minimum Gasteiger partial charge on any atom is -0.395 e. The molecule has 0 spiro atoms. The fourth-order valence-electron chi connectivity index (χ4n) is 7.50. The molecule has 0 aliphatic heterocycles. The predicted molar refractivity (Wildman–Crippen MR) is 249 cm³/mol. The molecule has 0 unspecified atom stereocenters. The van der Waals surface area contributed by atoms with Crippen molar-refractivity contribution in [1.82, 2.24) is 10.2 Å². The zero-order valence-electron chi connectivity index (χ0n) is 38.8. The van der Waals surface area contributed by atoms with Gasteiger partial charge in [0.2, 0.25) is 0 Å². The lowest BCUT2D eigenvalue weighted by atomic mass is 10.0. The Bertz CT molecular complexity index is 855. The molecule has 0 saturated heterocycles.